The van der Waals surface area contributed by atoms with E-state index in [-0.39, 0.29) is 35.7 Å². The van der Waals surface area contributed by atoms with Crippen LogP contribution in [0, 0.1) is 5.82 Å². The van der Waals surface area contributed by atoms with Crippen molar-refractivity contribution in [2.45, 2.75) is 45.8 Å². The van der Waals surface area contributed by atoms with Crippen molar-refractivity contribution >= 4 is 30.3 Å². The largest absolute Gasteiger partial charge is 0.489 e. The fourth-order valence-electron chi connectivity index (χ4n) is 4.20. The van der Waals surface area contributed by atoms with Gasteiger partial charge < -0.3 is 19.4 Å². The topological polar surface area (TPSA) is 105 Å². The minimum absolute atomic E-state index is 0.0123. The summed E-state index contributed by atoms with van der Waals surface area (Å²) in [5, 5.41) is 19.4. The number of anilines is 1. The van der Waals surface area contributed by atoms with Crippen LogP contribution in [-0.4, -0.2) is 45.1 Å². The average molecular weight is 401 g/mol. The standard InChI is InChI=1S/C19H21BFN3O5/c1-11(25)29-10-13-14(20(27)28)6-7-22-18(13)24-9-8-23-15-5-3-2-4-12(15)16(21)17(23)19(24)26/h6-7,27-28H,2-5,8-10H2,1H3. The quantitative estimate of drug-likeness (QED) is 0.564. The van der Waals surface area contributed by atoms with E-state index in [0.717, 1.165) is 25.0 Å². The first kappa shape index (κ1) is 19.6. The zero-order chi connectivity index (χ0) is 20.7. The van der Waals surface area contributed by atoms with E-state index in [4.69, 9.17) is 4.74 Å². The lowest BCUT2D eigenvalue weighted by Gasteiger charge is -2.30. The second kappa shape index (κ2) is 7.60. The van der Waals surface area contributed by atoms with E-state index in [1.54, 1.807) is 4.57 Å². The molecule has 2 aromatic rings. The molecule has 1 aliphatic heterocycles. The fraction of sp³-hybridized carbons (Fsp3) is 0.421. The predicted molar refractivity (Wildman–Crippen MR) is 102 cm³/mol. The molecule has 2 N–H and O–H groups in total. The third kappa shape index (κ3) is 3.32. The summed E-state index contributed by atoms with van der Waals surface area (Å²) in [6.07, 6.45) is 4.58. The molecule has 4 rings (SSSR count). The van der Waals surface area contributed by atoms with Gasteiger partial charge in [-0.2, -0.15) is 0 Å². The maximum absolute atomic E-state index is 15.1. The van der Waals surface area contributed by atoms with Crippen molar-refractivity contribution in [2.24, 2.45) is 0 Å². The first-order chi connectivity index (χ1) is 13.9. The van der Waals surface area contributed by atoms with Crippen LogP contribution in [0.1, 0.15) is 47.1 Å². The maximum atomic E-state index is 15.1. The lowest BCUT2D eigenvalue weighted by atomic mass is 9.77. The van der Waals surface area contributed by atoms with Crippen LogP contribution in [0.3, 0.4) is 0 Å². The molecular formula is C19H21BFN3O5. The Labute approximate surface area is 167 Å². The molecule has 29 heavy (non-hydrogen) atoms. The van der Waals surface area contributed by atoms with Crippen molar-refractivity contribution in [2.75, 3.05) is 11.4 Å². The number of hydrogen-bond acceptors (Lipinski definition) is 6. The zero-order valence-electron chi connectivity index (χ0n) is 16.0. The Bertz CT molecular complexity index is 991. The Morgan fingerprint density at radius 2 is 2.07 bits per heavy atom. The van der Waals surface area contributed by atoms with Gasteiger partial charge in [-0.1, -0.05) is 0 Å². The van der Waals surface area contributed by atoms with Gasteiger partial charge in [0.15, 0.2) is 5.82 Å². The second-order valence-electron chi connectivity index (χ2n) is 7.26. The molecule has 1 aliphatic carbocycles. The van der Waals surface area contributed by atoms with Crippen LogP contribution in [0.2, 0.25) is 0 Å². The number of halogens is 1. The summed E-state index contributed by atoms with van der Waals surface area (Å²) < 4.78 is 21.8. The number of pyridine rings is 1. The molecule has 0 saturated carbocycles. The number of ether oxygens (including phenoxy) is 1. The van der Waals surface area contributed by atoms with E-state index in [2.05, 4.69) is 4.98 Å². The van der Waals surface area contributed by atoms with Crippen LogP contribution in [0.4, 0.5) is 10.2 Å². The molecule has 2 aromatic heterocycles. The fourth-order valence-corrected chi connectivity index (χ4v) is 4.20. The van der Waals surface area contributed by atoms with Gasteiger partial charge in [-0.25, -0.2) is 9.37 Å². The molecule has 0 fully saturated rings. The van der Waals surface area contributed by atoms with Crippen LogP contribution in [-0.2, 0) is 35.5 Å². The van der Waals surface area contributed by atoms with E-state index in [1.165, 1.54) is 24.1 Å². The molecule has 8 nitrogen and oxygen atoms in total. The number of carbonyl (C=O) groups excluding carboxylic acids is 2. The lowest BCUT2D eigenvalue weighted by Crippen LogP contribution is -2.44. The first-order valence-corrected chi connectivity index (χ1v) is 9.59. The molecule has 10 heteroatoms. The molecule has 2 aliphatic rings. The first-order valence-electron chi connectivity index (χ1n) is 9.59. The van der Waals surface area contributed by atoms with Crippen LogP contribution in [0.25, 0.3) is 0 Å². The van der Waals surface area contributed by atoms with E-state index in [1.807, 2.05) is 0 Å². The zero-order valence-corrected chi connectivity index (χ0v) is 16.0. The Hall–Kier alpha value is -2.72. The Morgan fingerprint density at radius 3 is 2.79 bits per heavy atom. The maximum Gasteiger partial charge on any atom is 0.489 e. The molecule has 0 atom stereocenters. The number of carbonyl (C=O) groups is 2. The number of fused-ring (bicyclic) bond motifs is 3. The van der Waals surface area contributed by atoms with Gasteiger partial charge in [-0.05, 0) is 37.2 Å². The van der Waals surface area contributed by atoms with Gasteiger partial charge in [-0.15, -0.1) is 0 Å². The molecule has 3 heterocycles. The van der Waals surface area contributed by atoms with E-state index < -0.39 is 24.8 Å². The molecule has 0 aromatic carbocycles. The molecule has 0 radical (unpaired) electrons. The second-order valence-corrected chi connectivity index (χ2v) is 7.26. The predicted octanol–water partition coefficient (Wildman–Crippen LogP) is 0.304. The van der Waals surface area contributed by atoms with Crippen LogP contribution >= 0.6 is 0 Å². The molecule has 1 amide bonds. The summed E-state index contributed by atoms with van der Waals surface area (Å²) in [5.74, 6) is -1.44. The van der Waals surface area contributed by atoms with Gasteiger partial charge in [0.25, 0.3) is 5.91 Å². The highest BCUT2D eigenvalue weighted by Gasteiger charge is 2.37. The number of rotatable bonds is 4. The summed E-state index contributed by atoms with van der Waals surface area (Å²) in [5.41, 5.74) is 1.80. The third-order valence-corrected chi connectivity index (χ3v) is 5.53. The molecule has 0 bridgehead atoms. The van der Waals surface area contributed by atoms with Gasteiger partial charge in [0, 0.05) is 43.0 Å². The number of nitrogens with zero attached hydrogens (tertiary/aromatic N) is 3. The Kier molecular flexibility index (Phi) is 5.14. The molecule has 0 saturated heterocycles. The number of amides is 1. The lowest BCUT2D eigenvalue weighted by molar-refractivity contribution is -0.142. The highest BCUT2D eigenvalue weighted by molar-refractivity contribution is 6.59. The monoisotopic (exact) mass is 401 g/mol. The van der Waals surface area contributed by atoms with Crippen molar-refractivity contribution in [3.63, 3.8) is 0 Å². The third-order valence-electron chi connectivity index (χ3n) is 5.53. The van der Waals surface area contributed by atoms with E-state index in [9.17, 15) is 19.6 Å². The minimum Gasteiger partial charge on any atom is -0.461 e. The molecule has 0 spiro atoms. The van der Waals surface area contributed by atoms with Crippen LogP contribution < -0.4 is 10.4 Å². The molecule has 0 unspecified atom stereocenters. The summed E-state index contributed by atoms with van der Waals surface area (Å²) >= 11 is 0. The van der Waals surface area contributed by atoms with Crippen molar-refractivity contribution in [3.8, 4) is 0 Å². The normalized spacial score (nSPS) is 15.7. The summed E-state index contributed by atoms with van der Waals surface area (Å²) in [6.45, 7) is 1.60. The Balaban J connectivity index is 1.77. The van der Waals surface area contributed by atoms with Gasteiger partial charge in [0.2, 0.25) is 0 Å². The van der Waals surface area contributed by atoms with E-state index in [0.29, 0.717) is 18.5 Å². The minimum atomic E-state index is -1.84. The summed E-state index contributed by atoms with van der Waals surface area (Å²) in [7, 11) is -1.84. The van der Waals surface area contributed by atoms with Crippen molar-refractivity contribution in [1.82, 2.24) is 9.55 Å². The van der Waals surface area contributed by atoms with Gasteiger partial charge in [0.05, 0.1) is 0 Å². The summed E-state index contributed by atoms with van der Waals surface area (Å²) in [4.78, 5) is 30.0. The van der Waals surface area contributed by atoms with Crippen molar-refractivity contribution in [3.05, 3.63) is 40.6 Å². The van der Waals surface area contributed by atoms with Crippen molar-refractivity contribution < 1.29 is 28.8 Å². The number of hydrogen-bond donors (Lipinski definition) is 2. The average Bonchev–Trinajstić information content (AvgIpc) is 3.00. The molecule has 152 valence electrons. The number of aromatic nitrogens is 2. The van der Waals surface area contributed by atoms with Gasteiger partial charge >= 0.3 is 13.1 Å². The van der Waals surface area contributed by atoms with Gasteiger partial charge in [-0.3, -0.25) is 14.5 Å². The highest BCUT2D eigenvalue weighted by Crippen LogP contribution is 2.33. The SMILES string of the molecule is CC(=O)OCc1c(B(O)O)ccnc1N1CCn2c3c(c(F)c2C1=O)CCCC3. The van der Waals surface area contributed by atoms with E-state index >= 15 is 4.39 Å². The van der Waals surface area contributed by atoms with Crippen LogP contribution in [0.15, 0.2) is 12.3 Å². The van der Waals surface area contributed by atoms with Crippen LogP contribution in [0.5, 0.6) is 0 Å². The Morgan fingerprint density at radius 1 is 1.31 bits per heavy atom. The number of esters is 1. The van der Waals surface area contributed by atoms with Crippen molar-refractivity contribution in [1.29, 1.82) is 0 Å². The highest BCUT2D eigenvalue weighted by atomic mass is 19.1. The smallest absolute Gasteiger partial charge is 0.461 e. The molecular weight excluding hydrogens is 380 g/mol. The van der Waals surface area contributed by atoms with Gasteiger partial charge in [0.1, 0.15) is 18.1 Å². The summed E-state index contributed by atoms with van der Waals surface area (Å²) in [6, 6.07) is 1.38.